The molecule has 0 amide bonds. The molecule has 0 bridgehead atoms. The van der Waals surface area contributed by atoms with Gasteiger partial charge in [0.15, 0.2) is 0 Å². The number of nitrogens with two attached hydrogens (primary N) is 1. The van der Waals surface area contributed by atoms with Gasteiger partial charge >= 0.3 is 0 Å². The molecule has 0 spiro atoms. The van der Waals surface area contributed by atoms with Gasteiger partial charge in [0.1, 0.15) is 0 Å². The van der Waals surface area contributed by atoms with Crippen LogP contribution in [0, 0.1) is 6.92 Å². The van der Waals surface area contributed by atoms with Crippen LogP contribution in [0.1, 0.15) is 5.56 Å². The number of benzene rings is 1. The fourth-order valence-corrected chi connectivity index (χ4v) is 0.518. The van der Waals surface area contributed by atoms with Crippen LogP contribution in [0.4, 0.5) is 5.69 Å². The van der Waals surface area contributed by atoms with Crippen molar-refractivity contribution in [3.05, 3.63) is 36.8 Å². The first kappa shape index (κ1) is 5.16. The Balaban J connectivity index is 3.03. The van der Waals surface area contributed by atoms with Crippen LogP contribution in [0.2, 0.25) is 0 Å². The van der Waals surface area contributed by atoms with Gasteiger partial charge in [0.25, 0.3) is 0 Å². The molecule has 1 radical (unpaired) electrons. The van der Waals surface area contributed by atoms with E-state index in [9.17, 15) is 0 Å². The van der Waals surface area contributed by atoms with Gasteiger partial charge < -0.3 is 5.73 Å². The summed E-state index contributed by atoms with van der Waals surface area (Å²) in [5, 5.41) is 0. The highest BCUT2D eigenvalue weighted by molar-refractivity contribution is 5.39. The lowest BCUT2D eigenvalue weighted by atomic mass is 10.2. The van der Waals surface area contributed by atoms with E-state index in [0.29, 0.717) is 0 Å². The lowest BCUT2D eigenvalue weighted by Gasteiger charge is -1.90. The molecule has 0 aromatic heterocycles. The van der Waals surface area contributed by atoms with Gasteiger partial charge in [-0.2, -0.15) is 0 Å². The quantitative estimate of drug-likeness (QED) is 0.498. The van der Waals surface area contributed by atoms with E-state index in [1.54, 1.807) is 0 Å². The molecule has 0 saturated heterocycles. The second-order valence-electron chi connectivity index (χ2n) is 1.74. The molecule has 2 N–H and O–H groups in total. The van der Waals surface area contributed by atoms with Crippen LogP contribution in [0.15, 0.2) is 24.3 Å². The molecule has 1 heteroatoms. The fraction of sp³-hybridized carbons (Fsp3) is 0. The van der Waals surface area contributed by atoms with E-state index in [1.165, 1.54) is 0 Å². The number of nitrogen functional groups attached to an aromatic ring is 1. The summed E-state index contributed by atoms with van der Waals surface area (Å²) in [6.45, 7) is 3.71. The van der Waals surface area contributed by atoms with Crippen molar-refractivity contribution in [1.29, 1.82) is 0 Å². The van der Waals surface area contributed by atoms with Crippen molar-refractivity contribution in [2.24, 2.45) is 0 Å². The van der Waals surface area contributed by atoms with Gasteiger partial charge in [-0.3, -0.25) is 0 Å². The molecule has 41 valence electrons. The number of hydrogen-bond acceptors (Lipinski definition) is 1. The van der Waals surface area contributed by atoms with Gasteiger partial charge in [0.2, 0.25) is 0 Å². The molecule has 1 aromatic rings. The molecule has 1 nitrogen and oxygen atoms in total. The number of hydrogen-bond donors (Lipinski definition) is 1. The van der Waals surface area contributed by atoms with Gasteiger partial charge in [-0.25, -0.2) is 0 Å². The second kappa shape index (κ2) is 1.86. The average Bonchev–Trinajstić information content (AvgIpc) is 1.77. The first-order valence-corrected chi connectivity index (χ1v) is 2.46. The van der Waals surface area contributed by atoms with Crippen molar-refractivity contribution in [2.45, 2.75) is 0 Å². The molecule has 0 unspecified atom stereocenters. The van der Waals surface area contributed by atoms with E-state index in [1.807, 2.05) is 24.3 Å². The lowest BCUT2D eigenvalue weighted by Crippen LogP contribution is -1.81. The van der Waals surface area contributed by atoms with E-state index in [4.69, 9.17) is 5.73 Å². The summed E-state index contributed by atoms with van der Waals surface area (Å²) in [5.41, 5.74) is 7.19. The second-order valence-corrected chi connectivity index (χ2v) is 1.74. The monoisotopic (exact) mass is 106 g/mol. The van der Waals surface area contributed by atoms with Crippen LogP contribution < -0.4 is 5.73 Å². The molecular weight excluding hydrogens is 98.1 g/mol. The van der Waals surface area contributed by atoms with E-state index in [0.717, 1.165) is 11.3 Å². The summed E-state index contributed by atoms with van der Waals surface area (Å²) in [7, 11) is 0. The minimum absolute atomic E-state index is 0.789. The Morgan fingerprint density at radius 3 is 2.00 bits per heavy atom. The van der Waals surface area contributed by atoms with Crippen LogP contribution >= 0.6 is 0 Å². The largest absolute Gasteiger partial charge is 0.399 e. The van der Waals surface area contributed by atoms with Crippen LogP contribution in [-0.4, -0.2) is 0 Å². The van der Waals surface area contributed by atoms with Crippen molar-refractivity contribution in [2.75, 3.05) is 5.73 Å². The Morgan fingerprint density at radius 1 is 1.12 bits per heavy atom. The van der Waals surface area contributed by atoms with E-state index < -0.39 is 0 Å². The maximum Gasteiger partial charge on any atom is 0.0314 e. The molecule has 0 saturated carbocycles. The normalized spacial score (nSPS) is 9.12. The topological polar surface area (TPSA) is 26.0 Å². The van der Waals surface area contributed by atoms with Crippen LogP contribution in [-0.2, 0) is 0 Å². The zero-order valence-corrected chi connectivity index (χ0v) is 4.59. The van der Waals surface area contributed by atoms with Crippen molar-refractivity contribution < 1.29 is 0 Å². The summed E-state index contributed by atoms with van der Waals surface area (Å²) in [6.07, 6.45) is 0. The molecule has 0 fully saturated rings. The molecular formula is C7H8N. The highest BCUT2D eigenvalue weighted by Crippen LogP contribution is 2.02. The summed E-state index contributed by atoms with van der Waals surface area (Å²) >= 11 is 0. The van der Waals surface area contributed by atoms with E-state index in [-0.39, 0.29) is 0 Å². The standard InChI is InChI=1S/C7H8N/c1-6-2-4-7(8)5-3-6/h2-5H,1,8H2. The van der Waals surface area contributed by atoms with Crippen LogP contribution in [0.5, 0.6) is 0 Å². The minimum atomic E-state index is 0.789. The molecule has 0 aliphatic rings. The Kier molecular flexibility index (Phi) is 1.20. The molecule has 8 heavy (non-hydrogen) atoms. The fourth-order valence-electron chi connectivity index (χ4n) is 0.518. The van der Waals surface area contributed by atoms with Gasteiger partial charge in [0.05, 0.1) is 0 Å². The maximum atomic E-state index is 5.40. The van der Waals surface area contributed by atoms with Gasteiger partial charge in [0, 0.05) is 5.69 Å². The van der Waals surface area contributed by atoms with Gasteiger partial charge in [-0.1, -0.05) is 12.1 Å². The lowest BCUT2D eigenvalue weighted by molar-refractivity contribution is 1.61. The Hall–Kier alpha value is -0.980. The molecule has 1 rings (SSSR count). The summed E-state index contributed by atoms with van der Waals surface area (Å²) in [6, 6.07) is 7.44. The molecule has 0 heterocycles. The predicted octanol–water partition coefficient (Wildman–Crippen LogP) is 1.45. The van der Waals surface area contributed by atoms with Crippen molar-refractivity contribution in [3.63, 3.8) is 0 Å². The van der Waals surface area contributed by atoms with Crippen molar-refractivity contribution in [1.82, 2.24) is 0 Å². The third-order valence-corrected chi connectivity index (χ3v) is 0.980. The minimum Gasteiger partial charge on any atom is -0.399 e. The smallest absolute Gasteiger partial charge is 0.0314 e. The van der Waals surface area contributed by atoms with E-state index >= 15 is 0 Å². The third kappa shape index (κ3) is 0.997. The molecule has 0 atom stereocenters. The third-order valence-electron chi connectivity index (χ3n) is 0.980. The van der Waals surface area contributed by atoms with Crippen molar-refractivity contribution >= 4 is 5.69 Å². The van der Waals surface area contributed by atoms with Gasteiger partial charge in [-0.15, -0.1) is 0 Å². The first-order chi connectivity index (χ1) is 3.79. The number of anilines is 1. The summed E-state index contributed by atoms with van der Waals surface area (Å²) < 4.78 is 0. The number of rotatable bonds is 0. The predicted molar refractivity (Wildman–Crippen MR) is 35.3 cm³/mol. The zero-order chi connectivity index (χ0) is 5.98. The molecule has 0 aliphatic carbocycles. The van der Waals surface area contributed by atoms with Gasteiger partial charge in [-0.05, 0) is 24.6 Å². The molecule has 0 aliphatic heterocycles. The average molecular weight is 106 g/mol. The Bertz CT molecular complexity index is 143. The Morgan fingerprint density at radius 2 is 1.62 bits per heavy atom. The Labute approximate surface area is 49.1 Å². The SMILES string of the molecule is [CH2]c1ccc(N)cc1. The molecule has 1 aromatic carbocycles. The highest BCUT2D eigenvalue weighted by atomic mass is 14.5. The van der Waals surface area contributed by atoms with E-state index in [2.05, 4.69) is 6.92 Å². The highest BCUT2D eigenvalue weighted by Gasteiger charge is 1.80. The van der Waals surface area contributed by atoms with Crippen LogP contribution in [0.3, 0.4) is 0 Å². The summed E-state index contributed by atoms with van der Waals surface area (Å²) in [4.78, 5) is 0. The van der Waals surface area contributed by atoms with Crippen LogP contribution in [0.25, 0.3) is 0 Å². The summed E-state index contributed by atoms with van der Waals surface area (Å²) in [5.74, 6) is 0. The first-order valence-electron chi connectivity index (χ1n) is 2.46. The van der Waals surface area contributed by atoms with Crippen molar-refractivity contribution in [3.8, 4) is 0 Å². The zero-order valence-electron chi connectivity index (χ0n) is 4.59. The maximum absolute atomic E-state index is 5.40.